The van der Waals surface area contributed by atoms with Gasteiger partial charge in [-0.3, -0.25) is 9.20 Å². The highest BCUT2D eigenvalue weighted by Gasteiger charge is 2.29. The Hall–Kier alpha value is -4.53. The molecule has 9 nitrogen and oxygen atoms in total. The molecule has 1 amide bonds. The van der Waals surface area contributed by atoms with E-state index in [-0.39, 0.29) is 5.91 Å². The number of nitrogens with one attached hydrogen (secondary N) is 1. The molecule has 0 aliphatic heterocycles. The number of para-hydroxylation sites is 1. The molecule has 0 radical (unpaired) electrons. The number of aromatic nitrogens is 4. The standard InChI is InChI=1S/C31H34N6O3/c1-36(31(38)22-14-23(39-2)17-24(15-22)40-3)18-19-8-10-20(11-9-19)30-35-27(28-29(32)33-12-13-37(28)30)26-16-21-6-4-5-7-25(21)34-26/h4-7,12-17,19-20,34H,8-11,18H2,1-3H3,(H2,32,33). The van der Waals surface area contributed by atoms with Gasteiger partial charge in [0.1, 0.15) is 34.4 Å². The fourth-order valence-corrected chi connectivity index (χ4v) is 5.99. The van der Waals surface area contributed by atoms with Gasteiger partial charge in [0.05, 0.1) is 19.9 Å². The zero-order valence-electron chi connectivity index (χ0n) is 23.1. The number of ether oxygens (including phenoxy) is 2. The van der Waals surface area contributed by atoms with Crippen molar-refractivity contribution in [1.82, 2.24) is 24.3 Å². The monoisotopic (exact) mass is 538 g/mol. The highest BCUT2D eigenvalue weighted by Crippen LogP contribution is 2.39. The molecule has 1 aliphatic rings. The Morgan fingerprint density at radius 3 is 2.50 bits per heavy atom. The average Bonchev–Trinajstić information content (AvgIpc) is 3.59. The zero-order chi connectivity index (χ0) is 27.8. The van der Waals surface area contributed by atoms with Crippen molar-refractivity contribution in [3.8, 4) is 22.9 Å². The summed E-state index contributed by atoms with van der Waals surface area (Å²) in [6.07, 6.45) is 7.71. The number of rotatable bonds is 7. The van der Waals surface area contributed by atoms with Gasteiger partial charge in [0.2, 0.25) is 0 Å². The lowest BCUT2D eigenvalue weighted by atomic mass is 9.81. The molecular weight excluding hydrogens is 504 g/mol. The van der Waals surface area contributed by atoms with Gasteiger partial charge in [-0.1, -0.05) is 18.2 Å². The van der Waals surface area contributed by atoms with E-state index in [0.29, 0.717) is 41.3 Å². The Kier molecular flexibility index (Phi) is 6.79. The number of aromatic amines is 1. The molecule has 1 fully saturated rings. The van der Waals surface area contributed by atoms with E-state index in [1.807, 2.05) is 30.3 Å². The van der Waals surface area contributed by atoms with Crippen molar-refractivity contribution in [3.05, 3.63) is 72.3 Å². The minimum Gasteiger partial charge on any atom is -0.497 e. The lowest BCUT2D eigenvalue weighted by Gasteiger charge is -2.31. The summed E-state index contributed by atoms with van der Waals surface area (Å²) >= 11 is 0. The third-order valence-corrected chi connectivity index (χ3v) is 8.08. The molecule has 0 spiro atoms. The van der Waals surface area contributed by atoms with Crippen LogP contribution in [0.15, 0.2) is 60.9 Å². The fraction of sp³-hybridized carbons (Fsp3) is 0.323. The molecule has 5 aromatic rings. The van der Waals surface area contributed by atoms with Crippen molar-refractivity contribution in [3.63, 3.8) is 0 Å². The lowest BCUT2D eigenvalue weighted by molar-refractivity contribution is 0.0757. The minimum absolute atomic E-state index is 0.0375. The second kappa shape index (κ2) is 10.6. The lowest BCUT2D eigenvalue weighted by Crippen LogP contribution is -2.33. The molecule has 2 aromatic carbocycles. The van der Waals surface area contributed by atoms with Crippen LogP contribution in [0, 0.1) is 5.92 Å². The summed E-state index contributed by atoms with van der Waals surface area (Å²) < 4.78 is 12.8. The second-order valence-electron chi connectivity index (χ2n) is 10.6. The number of nitrogens with two attached hydrogens (primary N) is 1. The summed E-state index contributed by atoms with van der Waals surface area (Å²) in [7, 11) is 5.04. The molecule has 1 aliphatic carbocycles. The number of methoxy groups -OCH3 is 2. The summed E-state index contributed by atoms with van der Waals surface area (Å²) in [5.74, 6) is 3.38. The van der Waals surface area contributed by atoms with Crippen LogP contribution in [-0.4, -0.2) is 58.0 Å². The quantitative estimate of drug-likeness (QED) is 0.282. The molecule has 206 valence electrons. The average molecular weight is 539 g/mol. The molecule has 9 heteroatoms. The molecule has 3 N–H and O–H groups in total. The maximum absolute atomic E-state index is 13.2. The first-order chi connectivity index (χ1) is 19.4. The van der Waals surface area contributed by atoms with Gasteiger partial charge in [-0.2, -0.15) is 0 Å². The van der Waals surface area contributed by atoms with Crippen LogP contribution >= 0.6 is 0 Å². The van der Waals surface area contributed by atoms with E-state index < -0.39 is 0 Å². The van der Waals surface area contributed by atoms with Gasteiger partial charge in [0, 0.05) is 54.4 Å². The maximum Gasteiger partial charge on any atom is 0.253 e. The summed E-state index contributed by atoms with van der Waals surface area (Å²) in [4.78, 5) is 28.0. The molecule has 3 heterocycles. The van der Waals surface area contributed by atoms with Crippen LogP contribution in [0.4, 0.5) is 5.82 Å². The normalized spacial score (nSPS) is 17.3. The van der Waals surface area contributed by atoms with Crippen LogP contribution in [0.25, 0.3) is 27.8 Å². The number of H-pyrrole nitrogens is 1. The van der Waals surface area contributed by atoms with Gasteiger partial charge in [-0.25, -0.2) is 9.97 Å². The van der Waals surface area contributed by atoms with Gasteiger partial charge in [0.25, 0.3) is 5.91 Å². The van der Waals surface area contributed by atoms with E-state index in [1.165, 1.54) is 0 Å². The molecule has 40 heavy (non-hydrogen) atoms. The molecule has 6 rings (SSSR count). The number of anilines is 1. The van der Waals surface area contributed by atoms with Crippen LogP contribution in [0.1, 0.15) is 47.8 Å². The first-order valence-electron chi connectivity index (χ1n) is 13.6. The summed E-state index contributed by atoms with van der Waals surface area (Å²) in [6, 6.07) is 15.6. The predicted molar refractivity (Wildman–Crippen MR) is 156 cm³/mol. The Labute approximate surface area is 232 Å². The van der Waals surface area contributed by atoms with Crippen LogP contribution in [-0.2, 0) is 0 Å². The Bertz CT molecular complexity index is 1630. The number of amides is 1. The molecule has 1 saturated carbocycles. The van der Waals surface area contributed by atoms with Crippen molar-refractivity contribution in [2.45, 2.75) is 31.6 Å². The minimum atomic E-state index is -0.0375. The first kappa shape index (κ1) is 25.7. The molecule has 3 aromatic heterocycles. The number of carbonyl (C=O) groups excluding carboxylic acids is 1. The van der Waals surface area contributed by atoms with E-state index in [2.05, 4.69) is 32.6 Å². The van der Waals surface area contributed by atoms with Gasteiger partial charge < -0.3 is 25.1 Å². The van der Waals surface area contributed by atoms with Crippen molar-refractivity contribution in [1.29, 1.82) is 0 Å². The third-order valence-electron chi connectivity index (χ3n) is 8.08. The van der Waals surface area contributed by atoms with Gasteiger partial charge in [-0.15, -0.1) is 0 Å². The SMILES string of the molecule is COc1cc(OC)cc(C(=O)N(C)CC2CCC(c3nc(-c4cc5ccccc5[nH]4)c4c(N)nccn34)CC2)c1. The highest BCUT2D eigenvalue weighted by molar-refractivity contribution is 5.95. The summed E-state index contributed by atoms with van der Waals surface area (Å²) in [5.41, 5.74) is 10.6. The van der Waals surface area contributed by atoms with E-state index in [1.54, 1.807) is 38.6 Å². The van der Waals surface area contributed by atoms with E-state index in [4.69, 9.17) is 20.2 Å². The van der Waals surface area contributed by atoms with Crippen LogP contribution in [0.5, 0.6) is 11.5 Å². The Morgan fingerprint density at radius 2 is 1.80 bits per heavy atom. The number of hydrogen-bond acceptors (Lipinski definition) is 6. The molecular formula is C31H34N6O3. The molecule has 0 unspecified atom stereocenters. The van der Waals surface area contributed by atoms with Crippen molar-refractivity contribution in [2.75, 3.05) is 33.5 Å². The number of carbonyl (C=O) groups is 1. The van der Waals surface area contributed by atoms with Crippen LogP contribution in [0.2, 0.25) is 0 Å². The summed E-state index contributed by atoms with van der Waals surface area (Å²) in [5, 5.41) is 1.13. The number of hydrogen-bond donors (Lipinski definition) is 2. The van der Waals surface area contributed by atoms with E-state index in [0.717, 1.165) is 59.3 Å². The van der Waals surface area contributed by atoms with Gasteiger partial charge in [0.15, 0.2) is 0 Å². The van der Waals surface area contributed by atoms with Crippen molar-refractivity contribution < 1.29 is 14.3 Å². The topological polar surface area (TPSA) is 111 Å². The van der Waals surface area contributed by atoms with Gasteiger partial charge >= 0.3 is 0 Å². The highest BCUT2D eigenvalue weighted by atomic mass is 16.5. The van der Waals surface area contributed by atoms with Gasteiger partial charge in [-0.05, 0) is 55.9 Å². The molecule has 0 saturated heterocycles. The van der Waals surface area contributed by atoms with Crippen LogP contribution < -0.4 is 15.2 Å². The largest absolute Gasteiger partial charge is 0.497 e. The predicted octanol–water partition coefficient (Wildman–Crippen LogP) is 5.52. The second-order valence-corrected chi connectivity index (χ2v) is 10.6. The fourth-order valence-electron chi connectivity index (χ4n) is 5.99. The number of nitrogen functional groups attached to an aromatic ring is 1. The molecule has 0 atom stereocenters. The van der Waals surface area contributed by atoms with Crippen molar-refractivity contribution in [2.24, 2.45) is 5.92 Å². The number of fused-ring (bicyclic) bond motifs is 2. The van der Waals surface area contributed by atoms with Crippen LogP contribution in [0.3, 0.4) is 0 Å². The Balaban J connectivity index is 1.19. The van der Waals surface area contributed by atoms with Crippen molar-refractivity contribution >= 4 is 28.1 Å². The third kappa shape index (κ3) is 4.72. The Morgan fingerprint density at radius 1 is 1.07 bits per heavy atom. The number of benzene rings is 2. The van der Waals surface area contributed by atoms with E-state index >= 15 is 0 Å². The zero-order valence-corrected chi connectivity index (χ0v) is 23.1. The number of imidazole rings is 1. The number of nitrogens with zero attached hydrogens (tertiary/aromatic N) is 4. The smallest absolute Gasteiger partial charge is 0.253 e. The summed E-state index contributed by atoms with van der Waals surface area (Å²) in [6.45, 7) is 0.699. The molecule has 0 bridgehead atoms. The first-order valence-corrected chi connectivity index (χ1v) is 13.6. The van der Waals surface area contributed by atoms with E-state index in [9.17, 15) is 4.79 Å². The maximum atomic E-state index is 13.2.